The number of hydrogen-bond acceptors (Lipinski definition) is 5. The van der Waals surface area contributed by atoms with Gasteiger partial charge in [0.15, 0.2) is 5.96 Å². The molecule has 0 aromatic heterocycles. The molecule has 2 aliphatic heterocycles. The number of ether oxygens (including phenoxy) is 2. The molecule has 3 rings (SSSR count). The zero-order valence-corrected chi connectivity index (χ0v) is 19.9. The van der Waals surface area contributed by atoms with Gasteiger partial charge in [-0.3, -0.25) is 9.89 Å². The smallest absolute Gasteiger partial charge is 0.194 e. The molecule has 2 N–H and O–H groups in total. The van der Waals surface area contributed by atoms with E-state index in [0.29, 0.717) is 12.5 Å². The van der Waals surface area contributed by atoms with Gasteiger partial charge in [-0.15, -0.1) is 24.0 Å². The van der Waals surface area contributed by atoms with E-state index in [-0.39, 0.29) is 24.0 Å². The molecule has 1 aromatic carbocycles. The maximum absolute atomic E-state index is 10.5. The summed E-state index contributed by atoms with van der Waals surface area (Å²) in [7, 11) is 1.63. The largest absolute Gasteiger partial charge is 0.497 e. The standard InChI is InChI=1S/C21H34N4O3.HI/c1-3-22-21(23-14-20(26)18-5-4-6-19(13-18)27-2)25-8-7-17(16-25)15-24-9-11-28-12-10-24;/h4-6,13,17,20,26H,3,7-12,14-16H2,1-2H3,(H,22,23);1H. The number of halogens is 1. The predicted molar refractivity (Wildman–Crippen MR) is 126 cm³/mol. The summed E-state index contributed by atoms with van der Waals surface area (Å²) in [5.74, 6) is 2.30. The van der Waals surface area contributed by atoms with Crippen molar-refractivity contribution in [2.75, 3.05) is 66.1 Å². The third-order valence-electron chi connectivity index (χ3n) is 5.43. The van der Waals surface area contributed by atoms with Crippen molar-refractivity contribution in [3.05, 3.63) is 29.8 Å². The molecule has 7 nitrogen and oxygen atoms in total. The molecule has 2 saturated heterocycles. The van der Waals surface area contributed by atoms with Crippen LogP contribution in [0.25, 0.3) is 0 Å². The number of hydrogen-bond donors (Lipinski definition) is 2. The summed E-state index contributed by atoms with van der Waals surface area (Å²) in [4.78, 5) is 9.55. The molecule has 2 unspecified atom stereocenters. The van der Waals surface area contributed by atoms with Crippen LogP contribution in [-0.2, 0) is 4.74 Å². The lowest BCUT2D eigenvalue weighted by Gasteiger charge is -2.29. The Hall–Kier alpha value is -1.10. The molecular weight excluding hydrogens is 483 g/mol. The number of rotatable bonds is 7. The maximum Gasteiger partial charge on any atom is 0.194 e. The van der Waals surface area contributed by atoms with Crippen molar-refractivity contribution in [1.29, 1.82) is 0 Å². The molecule has 164 valence electrons. The lowest BCUT2D eigenvalue weighted by atomic mass is 10.1. The highest BCUT2D eigenvalue weighted by atomic mass is 127. The number of aliphatic hydroxyl groups is 1. The normalized spacial score (nSPS) is 21.6. The molecule has 29 heavy (non-hydrogen) atoms. The summed E-state index contributed by atoms with van der Waals surface area (Å²) in [5.41, 5.74) is 0.825. The molecule has 1 aromatic rings. The second-order valence-corrected chi connectivity index (χ2v) is 7.50. The highest BCUT2D eigenvalue weighted by Crippen LogP contribution is 2.21. The monoisotopic (exact) mass is 518 g/mol. The third kappa shape index (κ3) is 7.27. The number of methoxy groups -OCH3 is 1. The van der Waals surface area contributed by atoms with E-state index in [1.165, 1.54) is 6.42 Å². The highest BCUT2D eigenvalue weighted by Gasteiger charge is 2.27. The molecule has 0 amide bonds. The van der Waals surface area contributed by atoms with Crippen molar-refractivity contribution in [2.24, 2.45) is 10.9 Å². The Morgan fingerprint density at radius 3 is 2.86 bits per heavy atom. The topological polar surface area (TPSA) is 69.6 Å². The Balaban J connectivity index is 0.00000300. The molecule has 0 saturated carbocycles. The van der Waals surface area contributed by atoms with Crippen molar-refractivity contribution in [3.63, 3.8) is 0 Å². The van der Waals surface area contributed by atoms with Crippen LogP contribution < -0.4 is 10.1 Å². The Morgan fingerprint density at radius 1 is 1.34 bits per heavy atom. The van der Waals surface area contributed by atoms with E-state index < -0.39 is 6.10 Å². The number of aliphatic hydroxyl groups excluding tert-OH is 1. The molecule has 0 spiro atoms. The number of nitrogens with one attached hydrogen (secondary N) is 1. The minimum Gasteiger partial charge on any atom is -0.497 e. The second-order valence-electron chi connectivity index (χ2n) is 7.50. The first-order chi connectivity index (χ1) is 13.7. The number of aliphatic imine (C=N–C) groups is 1. The van der Waals surface area contributed by atoms with E-state index in [2.05, 4.69) is 22.0 Å². The van der Waals surface area contributed by atoms with E-state index in [9.17, 15) is 5.11 Å². The zero-order chi connectivity index (χ0) is 19.8. The van der Waals surface area contributed by atoms with E-state index in [0.717, 1.165) is 69.8 Å². The molecule has 2 heterocycles. The van der Waals surface area contributed by atoms with Crippen LogP contribution in [0, 0.1) is 5.92 Å². The van der Waals surface area contributed by atoms with Crippen molar-refractivity contribution >= 4 is 29.9 Å². The first-order valence-corrected chi connectivity index (χ1v) is 10.3. The minimum atomic E-state index is -0.643. The summed E-state index contributed by atoms with van der Waals surface area (Å²) >= 11 is 0. The van der Waals surface area contributed by atoms with Crippen molar-refractivity contribution in [1.82, 2.24) is 15.1 Å². The predicted octanol–water partition coefficient (Wildman–Crippen LogP) is 1.97. The van der Waals surface area contributed by atoms with Crippen molar-refractivity contribution in [3.8, 4) is 5.75 Å². The van der Waals surface area contributed by atoms with Crippen LogP contribution in [0.15, 0.2) is 29.3 Å². The van der Waals surface area contributed by atoms with E-state index in [1.807, 2.05) is 24.3 Å². The first kappa shape index (κ1) is 24.2. The van der Waals surface area contributed by atoms with E-state index in [1.54, 1.807) is 7.11 Å². The number of morpholine rings is 1. The number of nitrogens with zero attached hydrogens (tertiary/aromatic N) is 3. The lowest BCUT2D eigenvalue weighted by Crippen LogP contribution is -2.42. The fourth-order valence-electron chi connectivity index (χ4n) is 3.88. The molecule has 2 fully saturated rings. The van der Waals surface area contributed by atoms with Gasteiger partial charge in [0.05, 0.1) is 33.0 Å². The average molecular weight is 518 g/mol. The molecule has 0 bridgehead atoms. The summed E-state index contributed by atoms with van der Waals surface area (Å²) in [6.07, 6.45) is 0.538. The van der Waals surface area contributed by atoms with Gasteiger partial charge in [0.2, 0.25) is 0 Å². The fourth-order valence-corrected chi connectivity index (χ4v) is 3.88. The summed E-state index contributed by atoms with van der Waals surface area (Å²) in [6, 6.07) is 7.54. The SMILES string of the molecule is CCNC(=NCC(O)c1cccc(OC)c1)N1CCC(CN2CCOCC2)C1.I. The van der Waals surface area contributed by atoms with E-state index >= 15 is 0 Å². The van der Waals surface area contributed by atoms with Crippen LogP contribution in [-0.4, -0.2) is 87.0 Å². The molecule has 2 aliphatic rings. The van der Waals surface area contributed by atoms with Crippen LogP contribution in [0.1, 0.15) is 25.0 Å². The van der Waals surface area contributed by atoms with Crippen LogP contribution >= 0.6 is 24.0 Å². The van der Waals surface area contributed by atoms with Gasteiger partial charge in [-0.25, -0.2) is 0 Å². The average Bonchev–Trinajstić information content (AvgIpc) is 3.20. The Labute approximate surface area is 191 Å². The van der Waals surface area contributed by atoms with Gasteiger partial charge in [0.1, 0.15) is 5.75 Å². The van der Waals surface area contributed by atoms with Crippen LogP contribution in [0.3, 0.4) is 0 Å². The molecule has 0 radical (unpaired) electrons. The van der Waals surface area contributed by atoms with Gasteiger partial charge >= 0.3 is 0 Å². The molecule has 0 aliphatic carbocycles. The second kappa shape index (κ2) is 12.6. The van der Waals surface area contributed by atoms with Gasteiger partial charge in [-0.2, -0.15) is 0 Å². The number of guanidine groups is 1. The summed E-state index contributed by atoms with van der Waals surface area (Å²) in [5, 5.41) is 13.9. The first-order valence-electron chi connectivity index (χ1n) is 10.3. The van der Waals surface area contributed by atoms with Crippen molar-refractivity contribution in [2.45, 2.75) is 19.4 Å². The van der Waals surface area contributed by atoms with Gasteiger partial charge in [-0.05, 0) is 37.0 Å². The maximum atomic E-state index is 10.5. The fraction of sp³-hybridized carbons (Fsp3) is 0.667. The highest BCUT2D eigenvalue weighted by molar-refractivity contribution is 14.0. The molecular formula is C21H35IN4O3. The van der Waals surface area contributed by atoms with Gasteiger partial charge in [-0.1, -0.05) is 12.1 Å². The zero-order valence-electron chi connectivity index (χ0n) is 17.5. The lowest BCUT2D eigenvalue weighted by molar-refractivity contribution is 0.0315. The molecule has 2 atom stereocenters. The Kier molecular flexibility index (Phi) is 10.5. The van der Waals surface area contributed by atoms with Crippen LogP contribution in [0.4, 0.5) is 0 Å². The van der Waals surface area contributed by atoms with E-state index in [4.69, 9.17) is 14.5 Å². The quantitative estimate of drug-likeness (QED) is 0.327. The Bertz CT molecular complexity index is 640. The van der Waals surface area contributed by atoms with Crippen LogP contribution in [0.5, 0.6) is 5.75 Å². The summed E-state index contributed by atoms with van der Waals surface area (Å²) < 4.78 is 10.7. The van der Waals surface area contributed by atoms with Crippen LogP contribution in [0.2, 0.25) is 0 Å². The van der Waals surface area contributed by atoms with Gasteiger partial charge in [0, 0.05) is 39.3 Å². The minimum absolute atomic E-state index is 0. The van der Waals surface area contributed by atoms with Gasteiger partial charge < -0.3 is 24.8 Å². The van der Waals surface area contributed by atoms with Crippen molar-refractivity contribution < 1.29 is 14.6 Å². The Morgan fingerprint density at radius 2 is 2.14 bits per heavy atom. The third-order valence-corrected chi connectivity index (χ3v) is 5.43. The number of benzene rings is 1. The van der Waals surface area contributed by atoms with Gasteiger partial charge in [0.25, 0.3) is 0 Å². The molecule has 8 heteroatoms. The summed E-state index contributed by atoms with van der Waals surface area (Å²) in [6.45, 7) is 10.2. The number of likely N-dealkylation sites (tertiary alicyclic amines) is 1.